The Morgan fingerprint density at radius 1 is 1.06 bits per heavy atom. The van der Waals surface area contributed by atoms with Gasteiger partial charge in [0.05, 0.1) is 12.6 Å². The molecule has 1 aliphatic rings. The van der Waals surface area contributed by atoms with Crippen LogP contribution in [0.1, 0.15) is 67.2 Å². The quantitative estimate of drug-likeness (QED) is 0.461. The molecule has 6 nitrogen and oxygen atoms in total. The summed E-state index contributed by atoms with van der Waals surface area (Å²) in [6.07, 6.45) is 4.05. The number of carbonyl (C=O) groups excluding carboxylic acids is 1. The zero-order valence-corrected chi connectivity index (χ0v) is 18.1. The second-order valence-electron chi connectivity index (χ2n) is 7.90. The average molecular weight is 420 g/mol. The van der Waals surface area contributed by atoms with Crippen molar-refractivity contribution in [3.05, 3.63) is 65.4 Å². The summed E-state index contributed by atoms with van der Waals surface area (Å²) in [6.45, 7) is 5.58. The number of phenolic OH excluding ortho intramolecular Hbond substituents is 1. The fraction of sp³-hybridized carbons (Fsp3) is 0.360. The van der Waals surface area contributed by atoms with E-state index in [2.05, 4.69) is 24.0 Å². The van der Waals surface area contributed by atoms with Gasteiger partial charge in [-0.15, -0.1) is 0 Å². The molecule has 1 aliphatic heterocycles. The Balaban J connectivity index is 1.76. The molecule has 162 valence electrons. The molecule has 6 heteroatoms. The second-order valence-corrected chi connectivity index (χ2v) is 7.90. The van der Waals surface area contributed by atoms with Crippen LogP contribution in [0.2, 0.25) is 0 Å². The number of carbonyl (C=O) groups is 1. The second kappa shape index (κ2) is 9.25. The molecule has 0 fully saturated rings. The third-order valence-corrected chi connectivity index (χ3v) is 5.69. The van der Waals surface area contributed by atoms with Crippen LogP contribution in [-0.2, 0) is 0 Å². The van der Waals surface area contributed by atoms with E-state index in [4.69, 9.17) is 4.74 Å². The largest absolute Gasteiger partial charge is 0.507 e. The number of ether oxygens (including phenoxy) is 1. The summed E-state index contributed by atoms with van der Waals surface area (Å²) in [5, 5.41) is 17.8. The van der Waals surface area contributed by atoms with Crippen molar-refractivity contribution in [2.75, 3.05) is 13.2 Å². The number of aromatic amines is 1. The fourth-order valence-corrected chi connectivity index (χ4v) is 4.15. The molecule has 2 aromatic carbocycles. The van der Waals surface area contributed by atoms with Gasteiger partial charge in [0.2, 0.25) is 0 Å². The Bertz CT molecular complexity index is 1040. The van der Waals surface area contributed by atoms with Gasteiger partial charge in [-0.25, -0.2) is 0 Å². The lowest BCUT2D eigenvalue weighted by molar-refractivity contribution is 0.0740. The summed E-state index contributed by atoms with van der Waals surface area (Å²) < 4.78 is 5.73. The van der Waals surface area contributed by atoms with E-state index in [9.17, 15) is 9.90 Å². The third kappa shape index (κ3) is 4.02. The highest BCUT2D eigenvalue weighted by molar-refractivity contribution is 6.00. The number of aromatic nitrogens is 2. The minimum absolute atomic E-state index is 0.0448. The Morgan fingerprint density at radius 2 is 1.84 bits per heavy atom. The number of nitrogens with one attached hydrogen (secondary N) is 1. The maximum atomic E-state index is 13.3. The Hall–Kier alpha value is -3.28. The first kappa shape index (κ1) is 21.0. The Labute approximate surface area is 182 Å². The number of amides is 1. The van der Waals surface area contributed by atoms with Gasteiger partial charge in [0, 0.05) is 17.7 Å². The molecule has 1 amide bonds. The van der Waals surface area contributed by atoms with Gasteiger partial charge < -0.3 is 14.7 Å². The predicted octanol–water partition coefficient (Wildman–Crippen LogP) is 5.31. The van der Waals surface area contributed by atoms with Crippen LogP contribution in [0.4, 0.5) is 0 Å². The molecule has 1 unspecified atom stereocenters. The van der Waals surface area contributed by atoms with Crippen LogP contribution in [0, 0.1) is 0 Å². The lowest BCUT2D eigenvalue weighted by Gasteiger charge is -2.26. The molecular formula is C25H29N3O3. The average Bonchev–Trinajstić information content (AvgIpc) is 3.32. The number of hydrogen-bond acceptors (Lipinski definition) is 4. The molecule has 0 bridgehead atoms. The number of rotatable bonds is 9. The van der Waals surface area contributed by atoms with Crippen LogP contribution in [0.15, 0.2) is 48.5 Å². The maximum Gasteiger partial charge on any atom is 0.273 e. The summed E-state index contributed by atoms with van der Waals surface area (Å²) in [5.41, 5.74) is 3.58. The molecule has 0 spiro atoms. The molecule has 0 aliphatic carbocycles. The first-order valence-electron chi connectivity index (χ1n) is 11.1. The molecule has 1 atom stereocenters. The standard InChI is InChI=1S/C25H29N3O3/c1-3-5-8-15-28-24(17-11-13-18(14-12-17)31-16-4-2)21-22(26-27-23(21)25(28)30)19-9-6-7-10-20(19)29/h6-7,9-14,24,29H,3-5,8,15-16H2,1-2H3,(H,26,27). The normalized spacial score (nSPS) is 15.4. The van der Waals surface area contributed by atoms with Gasteiger partial charge in [0.15, 0.2) is 0 Å². The van der Waals surface area contributed by atoms with Gasteiger partial charge in [-0.3, -0.25) is 9.89 Å². The molecule has 0 saturated carbocycles. The van der Waals surface area contributed by atoms with Crippen molar-refractivity contribution < 1.29 is 14.6 Å². The molecule has 3 aromatic rings. The van der Waals surface area contributed by atoms with Gasteiger partial charge in [-0.1, -0.05) is 51.0 Å². The van der Waals surface area contributed by atoms with Crippen molar-refractivity contribution in [1.29, 1.82) is 0 Å². The van der Waals surface area contributed by atoms with Gasteiger partial charge in [0.25, 0.3) is 5.91 Å². The van der Waals surface area contributed by atoms with Gasteiger partial charge in [0.1, 0.15) is 22.9 Å². The topological polar surface area (TPSA) is 78.5 Å². The highest BCUT2D eigenvalue weighted by atomic mass is 16.5. The highest BCUT2D eigenvalue weighted by Gasteiger charge is 2.42. The molecule has 31 heavy (non-hydrogen) atoms. The van der Waals surface area contributed by atoms with Crippen molar-refractivity contribution in [2.24, 2.45) is 0 Å². The van der Waals surface area contributed by atoms with Crippen molar-refractivity contribution in [1.82, 2.24) is 15.1 Å². The van der Waals surface area contributed by atoms with Crippen molar-refractivity contribution in [3.63, 3.8) is 0 Å². The van der Waals surface area contributed by atoms with Crippen LogP contribution in [0.25, 0.3) is 11.3 Å². The smallest absolute Gasteiger partial charge is 0.273 e. The number of benzene rings is 2. The zero-order chi connectivity index (χ0) is 21.8. The Kier molecular flexibility index (Phi) is 6.26. The monoisotopic (exact) mass is 419 g/mol. The minimum atomic E-state index is -0.257. The number of H-pyrrole nitrogens is 1. The number of aromatic hydroxyl groups is 1. The summed E-state index contributed by atoms with van der Waals surface area (Å²) >= 11 is 0. The van der Waals surface area contributed by atoms with Gasteiger partial charge in [-0.2, -0.15) is 5.10 Å². The fourth-order valence-electron chi connectivity index (χ4n) is 4.15. The van der Waals surface area contributed by atoms with Crippen molar-refractivity contribution >= 4 is 5.91 Å². The summed E-state index contributed by atoms with van der Waals surface area (Å²) in [4.78, 5) is 15.2. The minimum Gasteiger partial charge on any atom is -0.507 e. The lowest BCUT2D eigenvalue weighted by atomic mass is 9.95. The summed E-state index contributed by atoms with van der Waals surface area (Å²) in [5.74, 6) is 0.924. The van der Waals surface area contributed by atoms with E-state index in [0.717, 1.165) is 42.6 Å². The number of unbranched alkanes of at least 4 members (excludes halogenated alkanes) is 2. The zero-order valence-electron chi connectivity index (χ0n) is 18.1. The number of hydrogen-bond donors (Lipinski definition) is 2. The molecule has 1 aromatic heterocycles. The van der Waals surface area contributed by atoms with Crippen LogP contribution >= 0.6 is 0 Å². The van der Waals surface area contributed by atoms with E-state index in [1.165, 1.54) is 0 Å². The molecule has 2 heterocycles. The number of para-hydroxylation sites is 1. The maximum absolute atomic E-state index is 13.3. The number of fused-ring (bicyclic) bond motifs is 1. The summed E-state index contributed by atoms with van der Waals surface area (Å²) in [7, 11) is 0. The van der Waals surface area contributed by atoms with E-state index in [0.29, 0.717) is 30.1 Å². The van der Waals surface area contributed by atoms with Gasteiger partial charge in [-0.05, 0) is 42.7 Å². The number of phenols is 1. The van der Waals surface area contributed by atoms with Crippen LogP contribution in [0.3, 0.4) is 0 Å². The van der Waals surface area contributed by atoms with E-state index in [1.807, 2.05) is 41.3 Å². The Morgan fingerprint density at radius 3 is 2.55 bits per heavy atom. The van der Waals surface area contributed by atoms with E-state index in [1.54, 1.807) is 12.1 Å². The highest BCUT2D eigenvalue weighted by Crippen LogP contribution is 2.44. The van der Waals surface area contributed by atoms with Crippen molar-refractivity contribution in [2.45, 2.75) is 45.6 Å². The summed E-state index contributed by atoms with van der Waals surface area (Å²) in [6, 6.07) is 14.8. The molecule has 4 rings (SSSR count). The predicted molar refractivity (Wildman–Crippen MR) is 120 cm³/mol. The molecule has 0 radical (unpaired) electrons. The molecular weight excluding hydrogens is 390 g/mol. The first-order valence-corrected chi connectivity index (χ1v) is 11.1. The van der Waals surface area contributed by atoms with E-state index < -0.39 is 0 Å². The van der Waals surface area contributed by atoms with E-state index in [-0.39, 0.29) is 17.7 Å². The number of nitrogens with zero attached hydrogens (tertiary/aromatic N) is 2. The van der Waals surface area contributed by atoms with E-state index >= 15 is 0 Å². The van der Waals surface area contributed by atoms with Crippen LogP contribution in [0.5, 0.6) is 11.5 Å². The van der Waals surface area contributed by atoms with Crippen molar-refractivity contribution in [3.8, 4) is 22.8 Å². The first-order chi connectivity index (χ1) is 15.2. The molecule has 0 saturated heterocycles. The lowest BCUT2D eigenvalue weighted by Crippen LogP contribution is -2.30. The third-order valence-electron chi connectivity index (χ3n) is 5.69. The van der Waals surface area contributed by atoms with Crippen LogP contribution in [-0.4, -0.2) is 39.3 Å². The SMILES string of the molecule is CCCCCN1C(=O)c2[nH]nc(-c3ccccc3O)c2C1c1ccc(OCCC)cc1. The van der Waals surface area contributed by atoms with Gasteiger partial charge >= 0.3 is 0 Å². The molecule has 2 N–H and O–H groups in total. The van der Waals surface area contributed by atoms with Crippen LogP contribution < -0.4 is 4.74 Å².